The summed E-state index contributed by atoms with van der Waals surface area (Å²) in [6.45, 7) is 3.52. The van der Waals surface area contributed by atoms with Crippen LogP contribution in [-0.2, 0) is 19.2 Å². The third kappa shape index (κ3) is 5.02. The van der Waals surface area contributed by atoms with Crippen LogP contribution in [0.2, 0.25) is 0 Å². The fourth-order valence-corrected chi connectivity index (χ4v) is 3.27. The molecule has 2 aromatic rings. The summed E-state index contributed by atoms with van der Waals surface area (Å²) in [6, 6.07) is 12.7. The Morgan fingerprint density at radius 1 is 0.967 bits per heavy atom. The Kier molecular flexibility index (Phi) is 6.46. The van der Waals surface area contributed by atoms with Gasteiger partial charge in [0.25, 0.3) is 0 Å². The Morgan fingerprint density at radius 2 is 1.67 bits per heavy atom. The number of hydrogen-bond donors (Lipinski definition) is 3. The minimum Gasteiger partial charge on any atom is -0.347 e. The predicted molar refractivity (Wildman–Crippen MR) is 114 cm³/mol. The Balaban J connectivity index is 1.48. The molecule has 0 aliphatic carbocycles. The van der Waals surface area contributed by atoms with Gasteiger partial charge in [-0.2, -0.15) is 0 Å². The summed E-state index contributed by atoms with van der Waals surface area (Å²) in [5, 5.41) is 8.03. The lowest BCUT2D eigenvalue weighted by molar-refractivity contribution is -0.126. The molecule has 1 heterocycles. The lowest BCUT2D eigenvalue weighted by atomic mass is 10.1. The van der Waals surface area contributed by atoms with Crippen LogP contribution in [-0.4, -0.2) is 36.7 Å². The smallest absolute Gasteiger partial charge is 0.244 e. The minimum absolute atomic E-state index is 0.0635. The molecule has 4 amide bonds. The normalized spacial score (nSPS) is 12.6. The fourth-order valence-electron chi connectivity index (χ4n) is 3.27. The number of amides is 4. The van der Waals surface area contributed by atoms with Crippen molar-refractivity contribution in [2.45, 2.75) is 26.7 Å². The summed E-state index contributed by atoms with van der Waals surface area (Å²) >= 11 is 0. The zero-order chi connectivity index (χ0) is 21.7. The molecule has 1 aliphatic heterocycles. The first kappa shape index (κ1) is 21.0. The number of nitrogens with one attached hydrogen (secondary N) is 3. The molecule has 0 aromatic heterocycles. The molecule has 3 N–H and O–H groups in total. The van der Waals surface area contributed by atoms with Gasteiger partial charge in [0, 0.05) is 18.5 Å². The van der Waals surface area contributed by atoms with Crippen molar-refractivity contribution >= 4 is 40.7 Å². The first-order chi connectivity index (χ1) is 14.3. The van der Waals surface area contributed by atoms with Crippen molar-refractivity contribution in [3.63, 3.8) is 0 Å². The van der Waals surface area contributed by atoms with Crippen molar-refractivity contribution in [3.05, 3.63) is 53.6 Å². The van der Waals surface area contributed by atoms with E-state index in [1.807, 2.05) is 32.0 Å². The Hall–Kier alpha value is -3.68. The van der Waals surface area contributed by atoms with E-state index in [1.54, 1.807) is 24.3 Å². The maximum absolute atomic E-state index is 12.6. The van der Waals surface area contributed by atoms with Crippen molar-refractivity contribution in [1.29, 1.82) is 0 Å². The molecule has 156 valence electrons. The number of para-hydroxylation sites is 3. The second-order valence-corrected chi connectivity index (χ2v) is 7.14. The molecule has 0 fully saturated rings. The summed E-state index contributed by atoms with van der Waals surface area (Å²) in [5.41, 5.74) is 3.77. The molecule has 8 heteroatoms. The van der Waals surface area contributed by atoms with E-state index >= 15 is 0 Å². The quantitative estimate of drug-likeness (QED) is 0.680. The van der Waals surface area contributed by atoms with Gasteiger partial charge in [-0.3, -0.25) is 19.2 Å². The van der Waals surface area contributed by atoms with Gasteiger partial charge in [-0.1, -0.05) is 30.3 Å². The van der Waals surface area contributed by atoms with Crippen LogP contribution in [0.4, 0.5) is 17.1 Å². The van der Waals surface area contributed by atoms with Gasteiger partial charge in [0.05, 0.1) is 17.9 Å². The highest BCUT2D eigenvalue weighted by Gasteiger charge is 2.26. The van der Waals surface area contributed by atoms with Crippen molar-refractivity contribution in [2.75, 3.05) is 28.6 Å². The monoisotopic (exact) mass is 408 g/mol. The number of anilines is 3. The number of hydrogen-bond acceptors (Lipinski definition) is 4. The second kappa shape index (κ2) is 9.21. The van der Waals surface area contributed by atoms with E-state index in [1.165, 1.54) is 4.90 Å². The lowest BCUT2D eigenvalue weighted by Crippen LogP contribution is -2.42. The van der Waals surface area contributed by atoms with Crippen LogP contribution in [0, 0.1) is 13.8 Å². The highest BCUT2D eigenvalue weighted by atomic mass is 16.2. The molecule has 0 radical (unpaired) electrons. The molecule has 30 heavy (non-hydrogen) atoms. The summed E-state index contributed by atoms with van der Waals surface area (Å²) < 4.78 is 0. The molecular formula is C22H24N4O4. The first-order valence-corrected chi connectivity index (χ1v) is 9.67. The van der Waals surface area contributed by atoms with E-state index in [9.17, 15) is 19.2 Å². The van der Waals surface area contributed by atoms with Gasteiger partial charge in [0.2, 0.25) is 23.6 Å². The maximum Gasteiger partial charge on any atom is 0.244 e. The molecule has 3 rings (SSSR count). The van der Waals surface area contributed by atoms with E-state index < -0.39 is 5.91 Å². The van der Waals surface area contributed by atoms with Crippen molar-refractivity contribution in [1.82, 2.24) is 5.32 Å². The summed E-state index contributed by atoms with van der Waals surface area (Å²) in [7, 11) is 0. The van der Waals surface area contributed by atoms with Gasteiger partial charge in [-0.25, -0.2) is 0 Å². The van der Waals surface area contributed by atoms with Gasteiger partial charge < -0.3 is 20.9 Å². The third-order valence-electron chi connectivity index (χ3n) is 4.83. The molecule has 0 bridgehead atoms. The number of benzene rings is 2. The molecule has 0 spiro atoms. The van der Waals surface area contributed by atoms with Crippen molar-refractivity contribution < 1.29 is 19.2 Å². The Morgan fingerprint density at radius 3 is 2.40 bits per heavy atom. The number of carbonyl (C=O) groups excluding carboxylic acids is 4. The van der Waals surface area contributed by atoms with Crippen LogP contribution >= 0.6 is 0 Å². The standard InChI is InChI=1S/C22H24N4O4/c1-14-6-5-7-15(2)22(14)25-19(28)12-23-18(27)10-11-21(30)26-13-20(29)24-16-8-3-4-9-17(16)26/h3-9H,10-13H2,1-2H3,(H,23,27)(H,24,29)(H,25,28). The van der Waals surface area contributed by atoms with Crippen molar-refractivity contribution in [2.24, 2.45) is 0 Å². The van der Waals surface area contributed by atoms with Crippen LogP contribution < -0.4 is 20.9 Å². The molecule has 1 aliphatic rings. The SMILES string of the molecule is Cc1cccc(C)c1NC(=O)CNC(=O)CCC(=O)N1CC(=O)Nc2ccccc21. The first-order valence-electron chi connectivity index (χ1n) is 9.67. The zero-order valence-corrected chi connectivity index (χ0v) is 17.0. The van der Waals surface area contributed by atoms with Gasteiger partial charge in [-0.05, 0) is 37.1 Å². The van der Waals surface area contributed by atoms with Gasteiger partial charge in [0.15, 0.2) is 0 Å². The van der Waals surface area contributed by atoms with Gasteiger partial charge >= 0.3 is 0 Å². The number of aryl methyl sites for hydroxylation is 2. The molecule has 0 saturated heterocycles. The third-order valence-corrected chi connectivity index (χ3v) is 4.83. The Bertz CT molecular complexity index is 982. The van der Waals surface area contributed by atoms with Gasteiger partial charge in [-0.15, -0.1) is 0 Å². The maximum atomic E-state index is 12.6. The molecule has 2 aromatic carbocycles. The topological polar surface area (TPSA) is 108 Å². The molecule has 0 saturated carbocycles. The molecule has 0 unspecified atom stereocenters. The number of fused-ring (bicyclic) bond motifs is 1. The van der Waals surface area contributed by atoms with Crippen molar-refractivity contribution in [3.8, 4) is 0 Å². The van der Waals surface area contributed by atoms with E-state index in [2.05, 4.69) is 16.0 Å². The fraction of sp³-hybridized carbons (Fsp3) is 0.273. The largest absolute Gasteiger partial charge is 0.347 e. The highest BCUT2D eigenvalue weighted by molar-refractivity contribution is 6.10. The van der Waals surface area contributed by atoms with E-state index in [4.69, 9.17) is 0 Å². The van der Waals surface area contributed by atoms with E-state index in [0.717, 1.165) is 16.8 Å². The van der Waals surface area contributed by atoms with Gasteiger partial charge in [0.1, 0.15) is 6.54 Å². The highest BCUT2D eigenvalue weighted by Crippen LogP contribution is 2.29. The molecule has 8 nitrogen and oxygen atoms in total. The predicted octanol–water partition coefficient (Wildman–Crippen LogP) is 2.12. The lowest BCUT2D eigenvalue weighted by Gasteiger charge is -2.29. The number of carbonyl (C=O) groups is 4. The molecular weight excluding hydrogens is 384 g/mol. The summed E-state index contributed by atoms with van der Waals surface area (Å²) in [5.74, 6) is -1.36. The minimum atomic E-state index is -0.408. The van der Waals surface area contributed by atoms with Crippen LogP contribution in [0.5, 0.6) is 0 Å². The number of nitrogens with zero attached hydrogens (tertiary/aromatic N) is 1. The zero-order valence-electron chi connectivity index (χ0n) is 17.0. The average molecular weight is 408 g/mol. The Labute approximate surface area is 174 Å². The van der Waals surface area contributed by atoms with Crippen LogP contribution in [0.3, 0.4) is 0 Å². The average Bonchev–Trinajstić information content (AvgIpc) is 2.72. The van der Waals surface area contributed by atoms with E-state index in [-0.39, 0.29) is 43.7 Å². The van der Waals surface area contributed by atoms with Crippen LogP contribution in [0.1, 0.15) is 24.0 Å². The summed E-state index contributed by atoms with van der Waals surface area (Å²) in [6.07, 6.45) is -0.137. The number of rotatable bonds is 6. The van der Waals surface area contributed by atoms with Crippen LogP contribution in [0.25, 0.3) is 0 Å². The van der Waals surface area contributed by atoms with Crippen LogP contribution in [0.15, 0.2) is 42.5 Å². The summed E-state index contributed by atoms with van der Waals surface area (Å²) in [4.78, 5) is 50.0. The second-order valence-electron chi connectivity index (χ2n) is 7.14. The van der Waals surface area contributed by atoms with E-state index in [0.29, 0.717) is 11.4 Å². The molecule has 0 atom stereocenters.